The molecule has 0 aliphatic rings. The van der Waals surface area contributed by atoms with Crippen LogP contribution in [0.25, 0.3) is 0 Å². The van der Waals surface area contributed by atoms with Crippen molar-refractivity contribution in [1.29, 1.82) is 0 Å². The van der Waals surface area contributed by atoms with E-state index in [0.717, 1.165) is 0 Å². The molecular weight excluding hydrogens is 240 g/mol. The van der Waals surface area contributed by atoms with Gasteiger partial charge in [0.15, 0.2) is 0 Å². The molecule has 0 saturated heterocycles. The van der Waals surface area contributed by atoms with E-state index in [1.54, 1.807) is 6.07 Å². The Morgan fingerprint density at radius 1 is 1.53 bits per heavy atom. The molecule has 0 bridgehead atoms. The first-order valence-electron chi connectivity index (χ1n) is 4.66. The van der Waals surface area contributed by atoms with Crippen LogP contribution in [0.2, 0.25) is 0 Å². The van der Waals surface area contributed by atoms with Gasteiger partial charge in [-0.1, -0.05) is 17.7 Å². The minimum atomic E-state index is -1.03. The summed E-state index contributed by atoms with van der Waals surface area (Å²) in [5, 5.41) is 11.8. The number of nitrogens with zero attached hydrogens (tertiary/aromatic N) is 1. The Hall–Kier alpha value is -2.00. The number of carbonyl (C=O) groups excluding carboxylic acids is 1. The zero-order valence-electron chi connectivity index (χ0n) is 8.84. The number of carboxylic acid groups (broad SMARTS) is 1. The number of thioether (sulfide) groups is 1. The highest BCUT2D eigenvalue weighted by Crippen LogP contribution is 2.14. The fraction of sp³-hybridized carbons (Fsp3) is 0.182. The summed E-state index contributed by atoms with van der Waals surface area (Å²) in [6, 6.07) is 3.00. The summed E-state index contributed by atoms with van der Waals surface area (Å²) in [6.07, 6.45) is 6.24. The number of terminal acetylenes is 1. The maximum absolute atomic E-state index is 11.2. The van der Waals surface area contributed by atoms with Gasteiger partial charge < -0.3 is 10.4 Å². The van der Waals surface area contributed by atoms with E-state index in [9.17, 15) is 9.59 Å². The van der Waals surface area contributed by atoms with Gasteiger partial charge in [-0.3, -0.25) is 4.79 Å². The molecule has 1 rings (SSSR count). The van der Waals surface area contributed by atoms with Crippen LogP contribution >= 0.6 is 11.8 Å². The lowest BCUT2D eigenvalue weighted by Crippen LogP contribution is -2.25. The van der Waals surface area contributed by atoms with Crippen LogP contribution in [0.4, 0.5) is 0 Å². The van der Waals surface area contributed by atoms with Crippen LogP contribution in [0, 0.1) is 12.3 Å². The second kappa shape index (κ2) is 6.55. The smallest absolute Gasteiger partial charge is 0.337 e. The van der Waals surface area contributed by atoms with Gasteiger partial charge in [0.1, 0.15) is 0 Å². The third-order valence-electron chi connectivity index (χ3n) is 1.72. The number of amides is 1. The molecule has 0 aliphatic carbocycles. The fourth-order valence-corrected chi connectivity index (χ4v) is 1.60. The van der Waals surface area contributed by atoms with E-state index in [2.05, 4.69) is 16.2 Å². The number of carboxylic acids is 1. The molecule has 1 aromatic rings. The Bertz CT molecular complexity index is 451. The molecule has 1 heterocycles. The van der Waals surface area contributed by atoms with E-state index >= 15 is 0 Å². The first kappa shape index (κ1) is 13.1. The molecule has 2 N–H and O–H groups in total. The van der Waals surface area contributed by atoms with Gasteiger partial charge in [-0.05, 0) is 12.1 Å². The zero-order chi connectivity index (χ0) is 12.7. The van der Waals surface area contributed by atoms with Crippen molar-refractivity contribution in [3.63, 3.8) is 0 Å². The van der Waals surface area contributed by atoms with Gasteiger partial charge in [-0.15, -0.1) is 6.42 Å². The molecule has 5 nitrogen and oxygen atoms in total. The van der Waals surface area contributed by atoms with Gasteiger partial charge in [0.2, 0.25) is 5.91 Å². The number of nitrogens with one attached hydrogen (secondary N) is 1. The van der Waals surface area contributed by atoms with Crippen molar-refractivity contribution in [3.05, 3.63) is 23.9 Å². The molecular formula is C11H10N2O3S. The van der Waals surface area contributed by atoms with E-state index < -0.39 is 5.97 Å². The average molecular weight is 250 g/mol. The summed E-state index contributed by atoms with van der Waals surface area (Å²) >= 11 is 1.21. The van der Waals surface area contributed by atoms with Crippen LogP contribution in [0.5, 0.6) is 0 Å². The monoisotopic (exact) mass is 250 g/mol. The number of hydrogen-bond acceptors (Lipinski definition) is 4. The average Bonchev–Trinajstić information content (AvgIpc) is 2.34. The molecule has 0 radical (unpaired) electrons. The van der Waals surface area contributed by atoms with Crippen LogP contribution in [0.3, 0.4) is 0 Å². The summed E-state index contributed by atoms with van der Waals surface area (Å²) in [5.74, 6) is 1.28. The van der Waals surface area contributed by atoms with Gasteiger partial charge in [0.25, 0.3) is 0 Å². The first-order chi connectivity index (χ1) is 8.13. The molecule has 0 fully saturated rings. The Balaban J connectivity index is 2.45. The van der Waals surface area contributed by atoms with Crippen molar-refractivity contribution in [2.45, 2.75) is 5.03 Å². The minimum absolute atomic E-state index is 0.117. The quantitative estimate of drug-likeness (QED) is 0.591. The number of carbonyl (C=O) groups is 2. The number of aromatic carboxylic acids is 1. The zero-order valence-corrected chi connectivity index (χ0v) is 9.66. The maximum atomic E-state index is 11.2. The third-order valence-corrected chi connectivity index (χ3v) is 2.67. The lowest BCUT2D eigenvalue weighted by Gasteiger charge is -2.01. The molecule has 0 spiro atoms. The topological polar surface area (TPSA) is 79.3 Å². The summed E-state index contributed by atoms with van der Waals surface area (Å²) in [5.41, 5.74) is 0.117. The van der Waals surface area contributed by atoms with Gasteiger partial charge in [0, 0.05) is 6.20 Å². The molecule has 1 amide bonds. The molecule has 0 aromatic carbocycles. The molecule has 6 heteroatoms. The molecule has 0 atom stereocenters. The third kappa shape index (κ3) is 4.57. The number of rotatable bonds is 5. The van der Waals surface area contributed by atoms with Crippen molar-refractivity contribution in [2.75, 3.05) is 12.3 Å². The molecule has 17 heavy (non-hydrogen) atoms. The Morgan fingerprint density at radius 2 is 2.29 bits per heavy atom. The SMILES string of the molecule is C#CCNC(=O)CSc1ccc(C(=O)O)cn1. The summed E-state index contributed by atoms with van der Waals surface area (Å²) in [4.78, 5) is 25.7. The number of hydrogen-bond donors (Lipinski definition) is 2. The molecule has 88 valence electrons. The van der Waals surface area contributed by atoms with E-state index in [4.69, 9.17) is 11.5 Å². The van der Waals surface area contributed by atoms with E-state index in [1.807, 2.05) is 0 Å². The second-order valence-corrected chi connectivity index (χ2v) is 3.96. The van der Waals surface area contributed by atoms with E-state index in [1.165, 1.54) is 24.0 Å². The van der Waals surface area contributed by atoms with Crippen LogP contribution in [-0.2, 0) is 4.79 Å². The van der Waals surface area contributed by atoms with Crippen LogP contribution in [-0.4, -0.2) is 34.3 Å². The van der Waals surface area contributed by atoms with Crippen molar-refractivity contribution < 1.29 is 14.7 Å². The van der Waals surface area contributed by atoms with Crippen molar-refractivity contribution in [1.82, 2.24) is 10.3 Å². The molecule has 1 aromatic heterocycles. The second-order valence-electron chi connectivity index (χ2n) is 2.96. The van der Waals surface area contributed by atoms with Gasteiger partial charge in [0.05, 0.1) is 22.9 Å². The van der Waals surface area contributed by atoms with Gasteiger partial charge >= 0.3 is 5.97 Å². The maximum Gasteiger partial charge on any atom is 0.337 e. The van der Waals surface area contributed by atoms with Gasteiger partial charge in [-0.25, -0.2) is 9.78 Å². The molecule has 0 aliphatic heterocycles. The van der Waals surface area contributed by atoms with Crippen molar-refractivity contribution in [3.8, 4) is 12.3 Å². The lowest BCUT2D eigenvalue weighted by atomic mass is 10.3. The summed E-state index contributed by atoms with van der Waals surface area (Å²) < 4.78 is 0. The van der Waals surface area contributed by atoms with E-state index in [0.29, 0.717) is 5.03 Å². The van der Waals surface area contributed by atoms with Gasteiger partial charge in [-0.2, -0.15) is 0 Å². The standard InChI is InChI=1S/C11H10N2O3S/c1-2-5-12-9(14)7-17-10-4-3-8(6-13-10)11(15)16/h1,3-4,6H,5,7H2,(H,12,14)(H,15,16). The summed E-state index contributed by atoms with van der Waals surface area (Å²) in [7, 11) is 0. The van der Waals surface area contributed by atoms with Crippen LogP contribution < -0.4 is 5.32 Å². The highest BCUT2D eigenvalue weighted by atomic mass is 32.2. The molecule has 0 unspecified atom stereocenters. The predicted molar refractivity (Wildman–Crippen MR) is 63.8 cm³/mol. The van der Waals surface area contributed by atoms with Crippen LogP contribution in [0.1, 0.15) is 10.4 Å². The number of aromatic nitrogens is 1. The highest BCUT2D eigenvalue weighted by molar-refractivity contribution is 7.99. The Kier molecular flexibility index (Phi) is 5.04. The highest BCUT2D eigenvalue weighted by Gasteiger charge is 2.05. The van der Waals surface area contributed by atoms with Crippen molar-refractivity contribution >= 4 is 23.6 Å². The predicted octanol–water partition coefficient (Wildman–Crippen LogP) is 0.621. The Morgan fingerprint density at radius 3 is 2.82 bits per heavy atom. The fourth-order valence-electron chi connectivity index (χ4n) is 0.932. The minimum Gasteiger partial charge on any atom is -0.478 e. The first-order valence-corrected chi connectivity index (χ1v) is 5.64. The van der Waals surface area contributed by atoms with Crippen LogP contribution in [0.15, 0.2) is 23.4 Å². The number of pyridine rings is 1. The largest absolute Gasteiger partial charge is 0.478 e. The Labute approximate surface area is 103 Å². The normalized spacial score (nSPS) is 9.35. The molecule has 0 saturated carbocycles. The van der Waals surface area contributed by atoms with E-state index in [-0.39, 0.29) is 23.8 Å². The summed E-state index contributed by atoms with van der Waals surface area (Å²) in [6.45, 7) is 0.199. The van der Waals surface area contributed by atoms with Crippen molar-refractivity contribution in [2.24, 2.45) is 0 Å². The lowest BCUT2D eigenvalue weighted by molar-refractivity contribution is -0.118.